The number of nitriles is 1. The van der Waals surface area contributed by atoms with Crippen LogP contribution in [0.25, 0.3) is 0 Å². The maximum absolute atomic E-state index is 9.13. The van der Waals surface area contributed by atoms with Crippen molar-refractivity contribution in [2.75, 3.05) is 26.7 Å². The van der Waals surface area contributed by atoms with E-state index in [0.717, 1.165) is 38.9 Å². The molecular weight excluding hydrogens is 250 g/mol. The van der Waals surface area contributed by atoms with Crippen LogP contribution in [0.4, 0.5) is 0 Å². The molecular formula is C16H31N3O. The lowest BCUT2D eigenvalue weighted by Crippen LogP contribution is -2.57. The number of ether oxygens (including phenoxy) is 1. The Labute approximate surface area is 124 Å². The molecule has 1 N–H and O–H groups in total. The van der Waals surface area contributed by atoms with Crippen LogP contribution < -0.4 is 5.32 Å². The van der Waals surface area contributed by atoms with Crippen molar-refractivity contribution in [3.8, 4) is 6.07 Å². The zero-order valence-corrected chi connectivity index (χ0v) is 14.0. The second-order valence-corrected chi connectivity index (χ2v) is 7.48. The first-order chi connectivity index (χ1) is 9.11. The fraction of sp³-hybridized carbons (Fsp3) is 0.938. The maximum atomic E-state index is 9.13. The highest BCUT2D eigenvalue weighted by molar-refractivity contribution is 5.02. The summed E-state index contributed by atoms with van der Waals surface area (Å²) in [6, 6.07) is 2.35. The van der Waals surface area contributed by atoms with Crippen molar-refractivity contribution in [1.29, 1.82) is 5.26 Å². The van der Waals surface area contributed by atoms with E-state index < -0.39 is 0 Å². The van der Waals surface area contributed by atoms with E-state index in [1.54, 1.807) is 0 Å². The summed E-state index contributed by atoms with van der Waals surface area (Å²) in [5, 5.41) is 12.2. The Morgan fingerprint density at radius 3 is 2.20 bits per heavy atom. The van der Waals surface area contributed by atoms with Crippen LogP contribution >= 0.6 is 0 Å². The van der Waals surface area contributed by atoms with E-state index in [-0.39, 0.29) is 16.7 Å². The molecule has 20 heavy (non-hydrogen) atoms. The van der Waals surface area contributed by atoms with Gasteiger partial charge in [0.05, 0.1) is 17.3 Å². The van der Waals surface area contributed by atoms with Crippen molar-refractivity contribution in [2.24, 2.45) is 0 Å². The number of unbranched alkanes of at least 4 members (excludes halogenated alkanes) is 1. The summed E-state index contributed by atoms with van der Waals surface area (Å²) < 4.78 is 6.09. The van der Waals surface area contributed by atoms with E-state index in [2.05, 4.69) is 44.0 Å². The Morgan fingerprint density at radius 2 is 1.75 bits per heavy atom. The second-order valence-electron chi connectivity index (χ2n) is 7.48. The lowest BCUT2D eigenvalue weighted by molar-refractivity contribution is -0.180. The van der Waals surface area contributed by atoms with Crippen LogP contribution in [-0.2, 0) is 4.74 Å². The molecule has 1 rings (SSSR count). The van der Waals surface area contributed by atoms with Crippen molar-refractivity contribution < 1.29 is 4.74 Å². The summed E-state index contributed by atoms with van der Waals surface area (Å²) in [5.41, 5.74) is -0.536. The van der Waals surface area contributed by atoms with Crippen molar-refractivity contribution in [1.82, 2.24) is 10.2 Å². The molecule has 4 heteroatoms. The minimum absolute atomic E-state index is 0.0755. The monoisotopic (exact) mass is 281 g/mol. The minimum Gasteiger partial charge on any atom is -0.367 e. The summed E-state index contributed by atoms with van der Waals surface area (Å²) in [4.78, 5) is 2.49. The summed E-state index contributed by atoms with van der Waals surface area (Å²) in [5.74, 6) is 0. The van der Waals surface area contributed by atoms with E-state index in [1.165, 1.54) is 0 Å². The molecule has 0 saturated carbocycles. The Kier molecular flexibility index (Phi) is 5.60. The normalized spacial score (nSPS) is 24.9. The first-order valence-electron chi connectivity index (χ1n) is 7.64. The number of morpholine rings is 1. The van der Waals surface area contributed by atoms with Gasteiger partial charge in [-0.25, -0.2) is 0 Å². The van der Waals surface area contributed by atoms with Gasteiger partial charge >= 0.3 is 0 Å². The molecule has 1 aliphatic heterocycles. The molecule has 1 heterocycles. The van der Waals surface area contributed by atoms with Crippen LogP contribution in [-0.4, -0.2) is 48.3 Å². The third-order valence-corrected chi connectivity index (χ3v) is 3.96. The van der Waals surface area contributed by atoms with Gasteiger partial charge in [0, 0.05) is 13.1 Å². The quantitative estimate of drug-likeness (QED) is 0.760. The van der Waals surface area contributed by atoms with E-state index >= 15 is 0 Å². The Hall–Kier alpha value is -0.630. The van der Waals surface area contributed by atoms with Gasteiger partial charge in [-0.15, -0.1) is 0 Å². The van der Waals surface area contributed by atoms with E-state index in [0.29, 0.717) is 0 Å². The standard InChI is InChI=1S/C16H31N3O/c1-14(2)12-19(13-15(3,4)20-14)10-8-7-9-16(5,11-17)18-6/h18H,7-10,12-13H2,1-6H3. The van der Waals surface area contributed by atoms with Crippen LogP contribution in [0, 0.1) is 11.3 Å². The van der Waals surface area contributed by atoms with Gasteiger partial charge in [-0.05, 0) is 67.5 Å². The zero-order valence-electron chi connectivity index (χ0n) is 14.0. The number of hydrogen-bond acceptors (Lipinski definition) is 4. The van der Waals surface area contributed by atoms with Crippen molar-refractivity contribution >= 4 is 0 Å². The smallest absolute Gasteiger partial charge is 0.103 e. The summed E-state index contributed by atoms with van der Waals surface area (Å²) >= 11 is 0. The fourth-order valence-corrected chi connectivity index (χ4v) is 3.15. The van der Waals surface area contributed by atoms with Crippen LogP contribution in [0.1, 0.15) is 53.9 Å². The molecule has 4 nitrogen and oxygen atoms in total. The summed E-state index contributed by atoms with van der Waals surface area (Å²) in [6.07, 6.45) is 3.10. The lowest BCUT2D eigenvalue weighted by atomic mass is 9.96. The highest BCUT2D eigenvalue weighted by atomic mass is 16.5. The first kappa shape index (κ1) is 17.4. The van der Waals surface area contributed by atoms with Gasteiger partial charge in [-0.3, -0.25) is 4.90 Å². The molecule has 1 unspecified atom stereocenters. The van der Waals surface area contributed by atoms with E-state index in [9.17, 15) is 0 Å². The Bertz CT molecular complexity index is 343. The summed E-state index contributed by atoms with van der Waals surface area (Å²) in [6.45, 7) is 13.7. The molecule has 0 radical (unpaired) electrons. The van der Waals surface area contributed by atoms with Crippen LogP contribution in [0.15, 0.2) is 0 Å². The molecule has 1 fully saturated rings. The molecule has 0 spiro atoms. The largest absolute Gasteiger partial charge is 0.367 e. The number of rotatable bonds is 6. The number of hydrogen-bond donors (Lipinski definition) is 1. The molecule has 0 aromatic carbocycles. The van der Waals surface area contributed by atoms with Gasteiger partial charge in [-0.1, -0.05) is 0 Å². The lowest BCUT2D eigenvalue weighted by Gasteiger charge is -2.47. The third kappa shape index (κ3) is 5.40. The molecule has 0 aliphatic carbocycles. The molecule has 0 amide bonds. The van der Waals surface area contributed by atoms with Crippen LogP contribution in [0.2, 0.25) is 0 Å². The topological polar surface area (TPSA) is 48.3 Å². The molecule has 0 aromatic heterocycles. The molecule has 1 atom stereocenters. The molecule has 1 saturated heterocycles. The third-order valence-electron chi connectivity index (χ3n) is 3.96. The molecule has 0 aromatic rings. The van der Waals surface area contributed by atoms with Gasteiger partial charge in [0.25, 0.3) is 0 Å². The van der Waals surface area contributed by atoms with Crippen molar-refractivity contribution in [2.45, 2.75) is 70.6 Å². The van der Waals surface area contributed by atoms with E-state index in [4.69, 9.17) is 10.00 Å². The maximum Gasteiger partial charge on any atom is 0.103 e. The highest BCUT2D eigenvalue weighted by Crippen LogP contribution is 2.28. The average molecular weight is 281 g/mol. The predicted molar refractivity (Wildman–Crippen MR) is 82.6 cm³/mol. The minimum atomic E-state index is -0.385. The number of nitrogens with one attached hydrogen (secondary N) is 1. The van der Waals surface area contributed by atoms with Crippen LogP contribution in [0.5, 0.6) is 0 Å². The van der Waals surface area contributed by atoms with Gasteiger partial charge in [0.2, 0.25) is 0 Å². The molecule has 1 aliphatic rings. The number of nitrogens with zero attached hydrogens (tertiary/aromatic N) is 2. The second kappa shape index (κ2) is 6.43. The highest BCUT2D eigenvalue weighted by Gasteiger charge is 2.37. The van der Waals surface area contributed by atoms with Gasteiger partial charge in [-0.2, -0.15) is 5.26 Å². The van der Waals surface area contributed by atoms with Gasteiger partial charge in [0.15, 0.2) is 0 Å². The van der Waals surface area contributed by atoms with Crippen molar-refractivity contribution in [3.63, 3.8) is 0 Å². The SMILES string of the molecule is CNC(C)(C#N)CCCCN1CC(C)(C)OC(C)(C)C1. The summed E-state index contributed by atoms with van der Waals surface area (Å²) in [7, 11) is 1.86. The first-order valence-corrected chi connectivity index (χ1v) is 7.64. The van der Waals surface area contributed by atoms with E-state index in [1.807, 2.05) is 14.0 Å². The van der Waals surface area contributed by atoms with Gasteiger partial charge in [0.1, 0.15) is 5.54 Å². The zero-order chi connectivity index (χ0) is 15.4. The Balaban J connectivity index is 2.37. The molecule has 0 bridgehead atoms. The molecule has 116 valence electrons. The Morgan fingerprint density at radius 1 is 1.20 bits per heavy atom. The average Bonchev–Trinajstić information content (AvgIpc) is 2.30. The van der Waals surface area contributed by atoms with Crippen molar-refractivity contribution in [3.05, 3.63) is 0 Å². The van der Waals surface area contributed by atoms with Crippen LogP contribution in [0.3, 0.4) is 0 Å². The predicted octanol–water partition coefficient (Wildman–Crippen LogP) is 2.55. The fourth-order valence-electron chi connectivity index (χ4n) is 3.15. The van der Waals surface area contributed by atoms with Gasteiger partial charge < -0.3 is 10.1 Å².